The monoisotopic (exact) mass is 380 g/mol. The highest BCUT2D eigenvalue weighted by Crippen LogP contribution is 2.50. The third-order valence-electron chi connectivity index (χ3n) is 5.12. The average molecular weight is 381 g/mol. The number of hydrogen-bond acceptors (Lipinski definition) is 4. The van der Waals surface area contributed by atoms with Crippen LogP contribution in [0.25, 0.3) is 0 Å². The Hall–Kier alpha value is -2.30. The number of hydrogen-bond donors (Lipinski definition) is 0. The molecule has 0 N–H and O–H groups in total. The molecule has 0 bridgehead atoms. The molecule has 0 unspecified atom stereocenters. The number of hydrazone groups is 1. The summed E-state index contributed by atoms with van der Waals surface area (Å²) in [5.41, 5.74) is 2.67. The van der Waals surface area contributed by atoms with Gasteiger partial charge in [-0.25, -0.2) is 5.01 Å². The van der Waals surface area contributed by atoms with Crippen LogP contribution in [0.1, 0.15) is 35.4 Å². The van der Waals surface area contributed by atoms with Gasteiger partial charge in [-0.2, -0.15) is 5.10 Å². The fourth-order valence-corrected chi connectivity index (χ4v) is 4.64. The number of para-hydroxylation sites is 1. The molecule has 0 amide bonds. The Morgan fingerprint density at radius 3 is 2.69 bits per heavy atom. The Balaban J connectivity index is 1.66. The first-order valence-corrected chi connectivity index (χ1v) is 9.85. The van der Waals surface area contributed by atoms with Crippen molar-refractivity contribution in [1.29, 1.82) is 0 Å². The van der Waals surface area contributed by atoms with Crippen LogP contribution in [0.5, 0.6) is 5.75 Å². The highest BCUT2D eigenvalue weighted by atomic mass is 35.5. The van der Waals surface area contributed by atoms with E-state index in [0.29, 0.717) is 5.02 Å². The highest BCUT2D eigenvalue weighted by Gasteiger charge is 2.48. The van der Waals surface area contributed by atoms with Gasteiger partial charge in [-0.05, 0) is 29.6 Å². The molecule has 0 saturated heterocycles. The predicted octanol–water partition coefficient (Wildman–Crippen LogP) is 5.82. The molecule has 2 aliphatic heterocycles. The zero-order valence-corrected chi connectivity index (χ0v) is 15.8. The van der Waals surface area contributed by atoms with Gasteiger partial charge in [0.25, 0.3) is 0 Å². The van der Waals surface area contributed by atoms with Crippen LogP contribution in [0.4, 0.5) is 0 Å². The summed E-state index contributed by atoms with van der Waals surface area (Å²) >= 11 is 7.83. The van der Waals surface area contributed by atoms with E-state index < -0.39 is 5.72 Å². The number of ether oxygens (including phenoxy) is 1. The van der Waals surface area contributed by atoms with Crippen molar-refractivity contribution in [2.45, 2.75) is 25.1 Å². The Bertz CT molecular complexity index is 984. The molecule has 1 aromatic heterocycles. The summed E-state index contributed by atoms with van der Waals surface area (Å²) in [5.74, 6) is 0.925. The summed E-state index contributed by atoms with van der Waals surface area (Å²) in [6, 6.07) is 20.5. The second kappa shape index (κ2) is 5.86. The normalized spacial score (nSPS) is 23.8. The third-order valence-corrected chi connectivity index (χ3v) is 6.29. The van der Waals surface area contributed by atoms with Gasteiger partial charge in [-0.15, -0.1) is 11.3 Å². The minimum Gasteiger partial charge on any atom is -0.462 e. The summed E-state index contributed by atoms with van der Waals surface area (Å²) in [5, 5.41) is 9.94. The lowest BCUT2D eigenvalue weighted by molar-refractivity contribution is -0.112. The minimum absolute atomic E-state index is 0.165. The standard InChI is InChI=1S/C21H17ClN2OS/c1-21(14-8-10-15(22)11-9-14)24-18(16-5-2-3-6-19(16)25-21)13-17(23-24)20-7-4-12-26-20/h2-12,18H,13H2,1H3/t18-,21-/m0/s1. The topological polar surface area (TPSA) is 24.8 Å². The van der Waals surface area contributed by atoms with Crippen LogP contribution >= 0.6 is 22.9 Å². The van der Waals surface area contributed by atoms with Crippen molar-refractivity contribution in [2.75, 3.05) is 0 Å². The number of benzene rings is 2. The van der Waals surface area contributed by atoms with Crippen molar-refractivity contribution in [2.24, 2.45) is 5.10 Å². The fraction of sp³-hybridized carbons (Fsp3) is 0.190. The van der Waals surface area contributed by atoms with Gasteiger partial charge in [0.2, 0.25) is 5.72 Å². The number of nitrogens with zero attached hydrogens (tertiary/aromatic N) is 2. The lowest BCUT2D eigenvalue weighted by atomic mass is 9.93. The highest BCUT2D eigenvalue weighted by molar-refractivity contribution is 7.12. The van der Waals surface area contributed by atoms with Gasteiger partial charge in [0.15, 0.2) is 0 Å². The van der Waals surface area contributed by atoms with Crippen molar-refractivity contribution >= 4 is 28.6 Å². The molecule has 2 aromatic carbocycles. The van der Waals surface area contributed by atoms with Gasteiger partial charge >= 0.3 is 0 Å². The fourth-order valence-electron chi connectivity index (χ4n) is 3.80. The largest absolute Gasteiger partial charge is 0.462 e. The van der Waals surface area contributed by atoms with E-state index in [0.717, 1.165) is 23.4 Å². The third kappa shape index (κ3) is 2.37. The van der Waals surface area contributed by atoms with Crippen LogP contribution in [0, 0.1) is 0 Å². The van der Waals surface area contributed by atoms with Crippen molar-refractivity contribution in [3.05, 3.63) is 87.1 Å². The smallest absolute Gasteiger partial charge is 0.221 e. The molecule has 3 heterocycles. The Morgan fingerprint density at radius 1 is 1.12 bits per heavy atom. The van der Waals surface area contributed by atoms with Crippen molar-refractivity contribution in [1.82, 2.24) is 5.01 Å². The summed E-state index contributed by atoms with van der Waals surface area (Å²) in [4.78, 5) is 1.22. The first-order chi connectivity index (χ1) is 12.6. The Kier molecular flexibility index (Phi) is 3.59. The molecule has 0 fully saturated rings. The van der Waals surface area contributed by atoms with Crippen LogP contribution in [-0.4, -0.2) is 10.7 Å². The van der Waals surface area contributed by atoms with Gasteiger partial charge in [0.05, 0.1) is 16.6 Å². The molecule has 0 radical (unpaired) electrons. The molecule has 3 nitrogen and oxygen atoms in total. The summed E-state index contributed by atoms with van der Waals surface area (Å²) in [6.07, 6.45) is 0.879. The molecule has 2 atom stereocenters. The quantitative estimate of drug-likeness (QED) is 0.559. The molecule has 130 valence electrons. The van der Waals surface area contributed by atoms with E-state index in [9.17, 15) is 0 Å². The van der Waals surface area contributed by atoms with E-state index in [1.807, 2.05) is 36.4 Å². The van der Waals surface area contributed by atoms with Gasteiger partial charge in [0.1, 0.15) is 5.75 Å². The zero-order valence-electron chi connectivity index (χ0n) is 14.2. The first-order valence-electron chi connectivity index (χ1n) is 8.60. The Morgan fingerprint density at radius 2 is 1.92 bits per heavy atom. The first kappa shape index (κ1) is 15.9. The summed E-state index contributed by atoms with van der Waals surface area (Å²) in [7, 11) is 0. The van der Waals surface area contributed by atoms with Crippen LogP contribution in [0.2, 0.25) is 5.02 Å². The second-order valence-electron chi connectivity index (χ2n) is 6.72. The Labute approximate surface area is 161 Å². The van der Waals surface area contributed by atoms with Gasteiger partial charge in [0, 0.05) is 29.5 Å². The lowest BCUT2D eigenvalue weighted by Gasteiger charge is -2.46. The lowest BCUT2D eigenvalue weighted by Crippen LogP contribution is -2.48. The molecule has 0 saturated carbocycles. The molecular weight excluding hydrogens is 364 g/mol. The maximum absolute atomic E-state index is 6.50. The molecule has 5 rings (SSSR count). The number of halogens is 1. The number of fused-ring (bicyclic) bond motifs is 3. The maximum Gasteiger partial charge on any atom is 0.221 e. The van der Waals surface area contributed by atoms with E-state index >= 15 is 0 Å². The second-order valence-corrected chi connectivity index (χ2v) is 8.10. The minimum atomic E-state index is -0.678. The summed E-state index contributed by atoms with van der Waals surface area (Å²) < 4.78 is 6.50. The van der Waals surface area contributed by atoms with Crippen molar-refractivity contribution in [3.8, 4) is 5.75 Å². The number of thiophene rings is 1. The van der Waals surface area contributed by atoms with Gasteiger partial charge in [-0.3, -0.25) is 0 Å². The molecule has 0 spiro atoms. The summed E-state index contributed by atoms with van der Waals surface area (Å²) in [6.45, 7) is 2.08. The molecule has 5 heteroatoms. The molecule has 2 aliphatic rings. The number of rotatable bonds is 2. The van der Waals surface area contributed by atoms with Crippen LogP contribution < -0.4 is 4.74 Å². The van der Waals surface area contributed by atoms with Crippen LogP contribution in [0.15, 0.2) is 71.1 Å². The van der Waals surface area contributed by atoms with Crippen LogP contribution in [-0.2, 0) is 5.72 Å². The maximum atomic E-state index is 6.50. The predicted molar refractivity (Wildman–Crippen MR) is 106 cm³/mol. The van der Waals surface area contributed by atoms with Gasteiger partial charge in [-0.1, -0.05) is 48.0 Å². The van der Waals surface area contributed by atoms with E-state index in [-0.39, 0.29) is 6.04 Å². The van der Waals surface area contributed by atoms with Crippen molar-refractivity contribution in [3.63, 3.8) is 0 Å². The average Bonchev–Trinajstić information content (AvgIpc) is 3.32. The van der Waals surface area contributed by atoms with Crippen molar-refractivity contribution < 1.29 is 4.74 Å². The molecular formula is C21H17ClN2OS. The molecule has 26 heavy (non-hydrogen) atoms. The SMILES string of the molecule is C[C@@]1(c2ccc(Cl)cc2)Oc2ccccc2[C@@H]2CC(c3cccs3)=NN21. The molecule has 0 aliphatic carbocycles. The van der Waals surface area contributed by atoms with E-state index in [2.05, 4.69) is 41.6 Å². The van der Waals surface area contributed by atoms with E-state index in [4.69, 9.17) is 21.4 Å². The van der Waals surface area contributed by atoms with E-state index in [1.54, 1.807) is 11.3 Å². The van der Waals surface area contributed by atoms with Crippen LogP contribution in [0.3, 0.4) is 0 Å². The van der Waals surface area contributed by atoms with E-state index in [1.165, 1.54) is 10.4 Å². The molecule has 3 aromatic rings. The van der Waals surface area contributed by atoms with Gasteiger partial charge < -0.3 is 4.74 Å². The zero-order chi connectivity index (χ0) is 17.7.